The first-order chi connectivity index (χ1) is 8.86. The molecule has 0 aliphatic heterocycles. The third-order valence-corrected chi connectivity index (χ3v) is 2.89. The van der Waals surface area contributed by atoms with Crippen LogP contribution in [0.4, 0.5) is 0 Å². The van der Waals surface area contributed by atoms with Crippen molar-refractivity contribution in [1.82, 2.24) is 20.3 Å². The predicted octanol–water partition coefficient (Wildman–Crippen LogP) is 1.56. The predicted molar refractivity (Wildman–Crippen MR) is 69.7 cm³/mol. The molecule has 1 aromatic carbocycles. The van der Waals surface area contributed by atoms with Crippen molar-refractivity contribution in [1.29, 1.82) is 0 Å². The zero-order chi connectivity index (χ0) is 12.8. The van der Waals surface area contributed by atoms with Crippen LogP contribution in [0.2, 0.25) is 0 Å². The first kappa shape index (κ1) is 12.7. The maximum absolute atomic E-state index is 5.13. The molecule has 96 valence electrons. The summed E-state index contributed by atoms with van der Waals surface area (Å²) in [6.07, 6.45) is 2.68. The molecule has 0 bridgehead atoms. The minimum atomic E-state index is 0.181. The van der Waals surface area contributed by atoms with Gasteiger partial charge in [-0.25, -0.2) is 4.68 Å². The fourth-order valence-electron chi connectivity index (χ4n) is 1.93. The average molecular weight is 246 g/mol. The van der Waals surface area contributed by atoms with E-state index in [1.54, 1.807) is 13.3 Å². The molecule has 0 saturated heterocycles. The van der Waals surface area contributed by atoms with Gasteiger partial charge in [0.15, 0.2) is 0 Å². The summed E-state index contributed by atoms with van der Waals surface area (Å²) in [5, 5.41) is 11.4. The summed E-state index contributed by atoms with van der Waals surface area (Å²) in [4.78, 5) is 0. The second-order valence-electron chi connectivity index (χ2n) is 4.03. The van der Waals surface area contributed by atoms with Crippen LogP contribution in [0.25, 0.3) is 5.69 Å². The summed E-state index contributed by atoms with van der Waals surface area (Å²) in [7, 11) is 3.64. The van der Waals surface area contributed by atoms with Crippen LogP contribution in [0, 0.1) is 0 Å². The molecule has 5 nitrogen and oxygen atoms in total. The van der Waals surface area contributed by atoms with Gasteiger partial charge in [0.1, 0.15) is 0 Å². The number of hydrogen-bond donors (Lipinski definition) is 1. The van der Waals surface area contributed by atoms with Crippen molar-refractivity contribution in [2.75, 3.05) is 20.8 Å². The molecule has 0 spiro atoms. The Morgan fingerprint density at radius 2 is 2.11 bits per heavy atom. The summed E-state index contributed by atoms with van der Waals surface area (Å²) >= 11 is 0. The summed E-state index contributed by atoms with van der Waals surface area (Å²) in [6, 6.07) is 10.2. The Morgan fingerprint density at radius 3 is 2.78 bits per heavy atom. The van der Waals surface area contributed by atoms with Gasteiger partial charge < -0.3 is 10.1 Å². The van der Waals surface area contributed by atoms with Crippen LogP contribution in [0.5, 0.6) is 0 Å². The Morgan fingerprint density at radius 1 is 1.33 bits per heavy atom. The lowest BCUT2D eigenvalue weighted by Gasteiger charge is -2.16. The van der Waals surface area contributed by atoms with Crippen LogP contribution in [-0.2, 0) is 4.74 Å². The highest BCUT2D eigenvalue weighted by atomic mass is 16.5. The standard InChI is InChI=1S/C13H18N4O/c1-14-12(8-9-18-2)13-10-15-16-17(13)11-6-4-3-5-7-11/h3-7,10,12,14H,8-9H2,1-2H3. The number of hydrogen-bond acceptors (Lipinski definition) is 4. The minimum Gasteiger partial charge on any atom is -0.385 e. The van der Waals surface area contributed by atoms with Gasteiger partial charge in [-0.2, -0.15) is 0 Å². The number of rotatable bonds is 6. The number of nitrogens with zero attached hydrogens (tertiary/aromatic N) is 3. The fraction of sp³-hybridized carbons (Fsp3) is 0.385. The number of para-hydroxylation sites is 1. The van der Waals surface area contributed by atoms with Crippen LogP contribution < -0.4 is 5.32 Å². The first-order valence-electron chi connectivity index (χ1n) is 5.99. The molecule has 2 aromatic rings. The van der Waals surface area contributed by atoms with Crippen molar-refractivity contribution in [3.63, 3.8) is 0 Å². The molecule has 1 unspecified atom stereocenters. The Balaban J connectivity index is 2.26. The number of ether oxygens (including phenoxy) is 1. The van der Waals surface area contributed by atoms with E-state index < -0.39 is 0 Å². The van der Waals surface area contributed by atoms with Crippen molar-refractivity contribution in [2.24, 2.45) is 0 Å². The van der Waals surface area contributed by atoms with Gasteiger partial charge in [0.25, 0.3) is 0 Å². The number of nitrogens with one attached hydrogen (secondary N) is 1. The molecule has 0 amide bonds. The van der Waals surface area contributed by atoms with Crippen LogP contribution >= 0.6 is 0 Å². The maximum atomic E-state index is 5.13. The lowest BCUT2D eigenvalue weighted by Crippen LogP contribution is -2.21. The zero-order valence-electron chi connectivity index (χ0n) is 10.7. The van der Waals surface area contributed by atoms with E-state index in [1.807, 2.05) is 42.1 Å². The summed E-state index contributed by atoms with van der Waals surface area (Å²) in [6.45, 7) is 0.700. The van der Waals surface area contributed by atoms with E-state index in [0.717, 1.165) is 17.8 Å². The highest BCUT2D eigenvalue weighted by Gasteiger charge is 2.15. The quantitative estimate of drug-likeness (QED) is 0.840. The number of aromatic nitrogens is 3. The normalized spacial score (nSPS) is 12.6. The molecule has 0 aliphatic rings. The summed E-state index contributed by atoms with van der Waals surface area (Å²) < 4.78 is 6.99. The molecule has 5 heteroatoms. The maximum Gasteiger partial charge on any atom is 0.0815 e. The molecule has 0 saturated carbocycles. The first-order valence-corrected chi connectivity index (χ1v) is 5.99. The molecule has 18 heavy (non-hydrogen) atoms. The largest absolute Gasteiger partial charge is 0.385 e. The molecule has 1 aromatic heterocycles. The molecule has 0 aliphatic carbocycles. The van der Waals surface area contributed by atoms with Gasteiger partial charge in [-0.1, -0.05) is 23.4 Å². The third-order valence-electron chi connectivity index (χ3n) is 2.89. The molecule has 0 radical (unpaired) electrons. The van der Waals surface area contributed by atoms with Crippen molar-refractivity contribution in [3.8, 4) is 5.69 Å². The van der Waals surface area contributed by atoms with Gasteiger partial charge in [-0.3, -0.25) is 0 Å². The molecular formula is C13H18N4O. The van der Waals surface area contributed by atoms with E-state index in [0.29, 0.717) is 6.61 Å². The second kappa shape index (κ2) is 6.28. The van der Waals surface area contributed by atoms with Crippen molar-refractivity contribution in [2.45, 2.75) is 12.5 Å². The Kier molecular flexibility index (Phi) is 4.44. The molecule has 1 atom stereocenters. The molecule has 0 fully saturated rings. The van der Waals surface area contributed by atoms with Crippen molar-refractivity contribution >= 4 is 0 Å². The zero-order valence-corrected chi connectivity index (χ0v) is 10.7. The Hall–Kier alpha value is -1.72. The fourth-order valence-corrected chi connectivity index (χ4v) is 1.93. The minimum absolute atomic E-state index is 0.181. The van der Waals surface area contributed by atoms with Crippen molar-refractivity contribution < 1.29 is 4.74 Å². The molecule has 1 N–H and O–H groups in total. The van der Waals surface area contributed by atoms with Gasteiger partial charge in [0, 0.05) is 13.7 Å². The van der Waals surface area contributed by atoms with Crippen LogP contribution in [0.15, 0.2) is 36.5 Å². The molecule has 2 rings (SSSR count). The van der Waals surface area contributed by atoms with E-state index in [2.05, 4.69) is 15.6 Å². The van der Waals surface area contributed by atoms with Gasteiger partial charge in [0.2, 0.25) is 0 Å². The van der Waals surface area contributed by atoms with Crippen LogP contribution in [0.3, 0.4) is 0 Å². The topological polar surface area (TPSA) is 52.0 Å². The lowest BCUT2D eigenvalue weighted by atomic mass is 10.1. The van der Waals surface area contributed by atoms with Gasteiger partial charge >= 0.3 is 0 Å². The van der Waals surface area contributed by atoms with E-state index in [9.17, 15) is 0 Å². The third kappa shape index (κ3) is 2.75. The van der Waals surface area contributed by atoms with E-state index in [-0.39, 0.29) is 6.04 Å². The summed E-state index contributed by atoms with van der Waals surface area (Å²) in [5.74, 6) is 0. The van der Waals surface area contributed by atoms with Gasteiger partial charge in [-0.05, 0) is 25.6 Å². The average Bonchev–Trinajstić information content (AvgIpc) is 2.90. The molecule has 1 heterocycles. The van der Waals surface area contributed by atoms with E-state index >= 15 is 0 Å². The molecular weight excluding hydrogens is 228 g/mol. The van der Waals surface area contributed by atoms with Crippen LogP contribution in [0.1, 0.15) is 18.2 Å². The number of methoxy groups -OCH3 is 1. The highest BCUT2D eigenvalue weighted by Crippen LogP contribution is 2.18. The van der Waals surface area contributed by atoms with Crippen molar-refractivity contribution in [3.05, 3.63) is 42.2 Å². The second-order valence-corrected chi connectivity index (χ2v) is 4.03. The van der Waals surface area contributed by atoms with Gasteiger partial charge in [-0.15, -0.1) is 5.10 Å². The Labute approximate surface area is 107 Å². The lowest BCUT2D eigenvalue weighted by molar-refractivity contribution is 0.183. The van der Waals surface area contributed by atoms with E-state index in [1.165, 1.54) is 0 Å². The van der Waals surface area contributed by atoms with Crippen LogP contribution in [-0.4, -0.2) is 35.8 Å². The monoisotopic (exact) mass is 246 g/mol. The summed E-state index contributed by atoms with van der Waals surface area (Å²) in [5.41, 5.74) is 2.06. The van der Waals surface area contributed by atoms with E-state index in [4.69, 9.17) is 4.74 Å². The highest BCUT2D eigenvalue weighted by molar-refractivity contribution is 5.32. The smallest absolute Gasteiger partial charge is 0.0815 e. The SMILES string of the molecule is CNC(CCOC)c1cnnn1-c1ccccc1. The Bertz CT molecular complexity index is 469. The van der Waals surface area contributed by atoms with Gasteiger partial charge in [0.05, 0.1) is 23.6 Å². The number of benzene rings is 1.